The van der Waals surface area contributed by atoms with E-state index in [4.69, 9.17) is 5.73 Å². The first-order chi connectivity index (χ1) is 9.59. The van der Waals surface area contributed by atoms with Crippen molar-refractivity contribution in [3.63, 3.8) is 0 Å². The Labute approximate surface area is 116 Å². The van der Waals surface area contributed by atoms with E-state index in [1.54, 1.807) is 0 Å². The molecule has 5 heteroatoms. The Hall–Kier alpha value is -2.43. The van der Waals surface area contributed by atoms with Crippen LogP contribution in [0.2, 0.25) is 0 Å². The number of halogens is 1. The maximum Gasteiger partial charge on any atom is 0.254 e. The van der Waals surface area contributed by atoms with E-state index in [9.17, 15) is 9.18 Å². The molecule has 1 amide bonds. The quantitative estimate of drug-likeness (QED) is 0.898. The number of nitrogens with two attached hydrogens (primary N) is 1. The second kappa shape index (κ2) is 6.14. The zero-order valence-electron chi connectivity index (χ0n) is 11.1. The molecule has 1 heterocycles. The summed E-state index contributed by atoms with van der Waals surface area (Å²) in [5.74, 6) is -1.40. The van der Waals surface area contributed by atoms with E-state index in [0.717, 1.165) is 5.56 Å². The van der Waals surface area contributed by atoms with Crippen LogP contribution in [-0.4, -0.2) is 17.4 Å². The van der Waals surface area contributed by atoms with Gasteiger partial charge in [-0.05, 0) is 17.5 Å². The highest BCUT2D eigenvalue weighted by Crippen LogP contribution is 2.15. The Morgan fingerprint density at radius 2 is 2.05 bits per heavy atom. The lowest BCUT2D eigenvalue weighted by Gasteiger charge is -2.13. The van der Waals surface area contributed by atoms with Crippen LogP contribution in [0, 0.1) is 5.82 Å². The van der Waals surface area contributed by atoms with Crippen LogP contribution in [-0.2, 0) is 0 Å². The lowest BCUT2D eigenvalue weighted by Crippen LogP contribution is -2.28. The molecule has 1 aromatic carbocycles. The van der Waals surface area contributed by atoms with Crippen molar-refractivity contribution in [1.82, 2.24) is 10.3 Å². The summed E-state index contributed by atoms with van der Waals surface area (Å²) in [4.78, 5) is 15.5. The molecule has 2 rings (SSSR count). The van der Waals surface area contributed by atoms with Crippen molar-refractivity contribution in [2.24, 2.45) is 0 Å². The van der Waals surface area contributed by atoms with Crippen LogP contribution < -0.4 is 11.1 Å². The molecule has 4 nitrogen and oxygen atoms in total. The summed E-state index contributed by atoms with van der Waals surface area (Å²) in [5.41, 5.74) is 6.37. The number of carbonyl (C=O) groups excluding carboxylic acids is 1. The molecule has 3 N–H and O–H groups in total. The minimum absolute atomic E-state index is 0.0854. The van der Waals surface area contributed by atoms with E-state index < -0.39 is 11.7 Å². The minimum Gasteiger partial charge on any atom is -0.381 e. The third kappa shape index (κ3) is 3.12. The lowest BCUT2D eigenvalue weighted by atomic mass is 10.0. The molecular weight excluding hydrogens is 257 g/mol. The second-order valence-electron chi connectivity index (χ2n) is 4.58. The number of hydrogen-bond donors (Lipinski definition) is 2. The molecule has 0 saturated carbocycles. The number of aromatic nitrogens is 1. The lowest BCUT2D eigenvalue weighted by molar-refractivity contribution is 0.0947. The summed E-state index contributed by atoms with van der Waals surface area (Å²) in [6.45, 7) is 2.41. The SMILES string of the molecule is CC(CNC(=O)c1ccnc(N)c1F)c1ccccc1. The fourth-order valence-corrected chi connectivity index (χ4v) is 1.88. The van der Waals surface area contributed by atoms with E-state index in [1.807, 2.05) is 37.3 Å². The average Bonchev–Trinajstić information content (AvgIpc) is 2.48. The smallest absolute Gasteiger partial charge is 0.254 e. The molecule has 0 saturated heterocycles. The second-order valence-corrected chi connectivity index (χ2v) is 4.58. The van der Waals surface area contributed by atoms with Gasteiger partial charge in [-0.25, -0.2) is 9.37 Å². The first-order valence-corrected chi connectivity index (χ1v) is 6.32. The molecule has 1 unspecified atom stereocenters. The number of rotatable bonds is 4. The zero-order valence-corrected chi connectivity index (χ0v) is 11.1. The van der Waals surface area contributed by atoms with Crippen molar-refractivity contribution in [1.29, 1.82) is 0 Å². The molecule has 20 heavy (non-hydrogen) atoms. The average molecular weight is 273 g/mol. The number of benzene rings is 1. The zero-order chi connectivity index (χ0) is 14.5. The van der Waals surface area contributed by atoms with Gasteiger partial charge in [-0.15, -0.1) is 0 Å². The standard InChI is InChI=1S/C15H16FN3O/c1-10(11-5-3-2-4-6-11)9-19-15(20)12-7-8-18-14(17)13(12)16/h2-8,10H,9H2,1H3,(H2,17,18)(H,19,20). The molecule has 0 radical (unpaired) electrons. The Balaban J connectivity index is 2.01. The van der Waals surface area contributed by atoms with Gasteiger partial charge in [0.2, 0.25) is 0 Å². The number of pyridine rings is 1. The number of hydrogen-bond acceptors (Lipinski definition) is 3. The van der Waals surface area contributed by atoms with E-state index >= 15 is 0 Å². The summed E-state index contributed by atoms with van der Waals surface area (Å²) in [6.07, 6.45) is 1.31. The number of anilines is 1. The summed E-state index contributed by atoms with van der Waals surface area (Å²) < 4.78 is 13.7. The molecule has 0 aliphatic heterocycles. The Kier molecular flexibility index (Phi) is 4.30. The van der Waals surface area contributed by atoms with Crippen LogP contribution in [0.25, 0.3) is 0 Å². The highest BCUT2D eigenvalue weighted by atomic mass is 19.1. The Morgan fingerprint density at radius 1 is 1.35 bits per heavy atom. The summed E-state index contributed by atoms with van der Waals surface area (Å²) in [6, 6.07) is 11.1. The van der Waals surface area contributed by atoms with Crippen LogP contribution in [0.4, 0.5) is 10.2 Å². The topological polar surface area (TPSA) is 68.0 Å². The molecule has 0 aliphatic rings. The van der Waals surface area contributed by atoms with Gasteiger partial charge in [0.05, 0.1) is 5.56 Å². The molecule has 2 aromatic rings. The maximum absolute atomic E-state index is 13.7. The molecular formula is C15H16FN3O. The van der Waals surface area contributed by atoms with Crippen LogP contribution in [0.5, 0.6) is 0 Å². The predicted octanol–water partition coefficient (Wildman–Crippen LogP) is 2.34. The normalized spacial score (nSPS) is 11.9. The number of nitrogens with one attached hydrogen (secondary N) is 1. The summed E-state index contributed by atoms with van der Waals surface area (Å²) in [5, 5.41) is 2.70. The third-order valence-corrected chi connectivity index (χ3v) is 3.10. The van der Waals surface area contributed by atoms with Gasteiger partial charge < -0.3 is 11.1 Å². The van der Waals surface area contributed by atoms with Gasteiger partial charge in [0.15, 0.2) is 11.6 Å². The van der Waals surface area contributed by atoms with E-state index in [1.165, 1.54) is 12.3 Å². The molecule has 0 fully saturated rings. The van der Waals surface area contributed by atoms with E-state index in [-0.39, 0.29) is 17.3 Å². The fourth-order valence-electron chi connectivity index (χ4n) is 1.88. The van der Waals surface area contributed by atoms with Gasteiger partial charge in [-0.3, -0.25) is 4.79 Å². The van der Waals surface area contributed by atoms with E-state index in [0.29, 0.717) is 6.54 Å². The van der Waals surface area contributed by atoms with Gasteiger partial charge in [0.1, 0.15) is 0 Å². The Morgan fingerprint density at radius 3 is 2.75 bits per heavy atom. The Bertz CT molecular complexity index is 601. The van der Waals surface area contributed by atoms with Crippen LogP contribution in [0.15, 0.2) is 42.6 Å². The monoisotopic (exact) mass is 273 g/mol. The van der Waals surface area contributed by atoms with Crippen molar-refractivity contribution in [2.75, 3.05) is 12.3 Å². The van der Waals surface area contributed by atoms with Gasteiger partial charge >= 0.3 is 0 Å². The van der Waals surface area contributed by atoms with Gasteiger partial charge in [-0.1, -0.05) is 37.3 Å². The largest absolute Gasteiger partial charge is 0.381 e. The third-order valence-electron chi connectivity index (χ3n) is 3.10. The molecule has 0 spiro atoms. The molecule has 1 aromatic heterocycles. The summed E-state index contributed by atoms with van der Waals surface area (Å²) >= 11 is 0. The molecule has 1 atom stereocenters. The highest BCUT2D eigenvalue weighted by Gasteiger charge is 2.15. The van der Waals surface area contributed by atoms with Crippen molar-refractivity contribution in [3.05, 3.63) is 59.5 Å². The van der Waals surface area contributed by atoms with Crippen LogP contribution in [0.3, 0.4) is 0 Å². The van der Waals surface area contributed by atoms with Crippen LogP contribution >= 0.6 is 0 Å². The van der Waals surface area contributed by atoms with E-state index in [2.05, 4.69) is 10.3 Å². The first-order valence-electron chi connectivity index (χ1n) is 6.32. The molecule has 0 aliphatic carbocycles. The number of carbonyl (C=O) groups is 1. The van der Waals surface area contributed by atoms with Gasteiger partial charge in [-0.2, -0.15) is 0 Å². The van der Waals surface area contributed by atoms with Gasteiger partial charge in [0.25, 0.3) is 5.91 Å². The van der Waals surface area contributed by atoms with Crippen molar-refractivity contribution >= 4 is 11.7 Å². The number of amides is 1. The molecule has 0 bridgehead atoms. The maximum atomic E-state index is 13.7. The van der Waals surface area contributed by atoms with Crippen molar-refractivity contribution in [3.8, 4) is 0 Å². The van der Waals surface area contributed by atoms with Crippen molar-refractivity contribution < 1.29 is 9.18 Å². The van der Waals surface area contributed by atoms with Crippen LogP contribution in [0.1, 0.15) is 28.8 Å². The highest BCUT2D eigenvalue weighted by molar-refractivity contribution is 5.95. The number of nitrogen functional groups attached to an aromatic ring is 1. The minimum atomic E-state index is -0.780. The fraction of sp³-hybridized carbons (Fsp3) is 0.200. The first kappa shape index (κ1) is 14.0. The van der Waals surface area contributed by atoms with Gasteiger partial charge in [0, 0.05) is 12.7 Å². The summed E-state index contributed by atoms with van der Waals surface area (Å²) in [7, 11) is 0. The van der Waals surface area contributed by atoms with Crippen molar-refractivity contribution in [2.45, 2.75) is 12.8 Å². The molecule has 104 valence electrons. The predicted molar refractivity (Wildman–Crippen MR) is 75.8 cm³/mol. The number of nitrogens with zero attached hydrogens (tertiary/aromatic N) is 1.